The van der Waals surface area contributed by atoms with Gasteiger partial charge in [0, 0.05) is 32.6 Å². The molecular weight excluding hydrogens is 308 g/mol. The number of carbonyl (C=O) groups excluding carboxylic acids is 2. The van der Waals surface area contributed by atoms with Crippen LogP contribution in [-0.2, 0) is 16.0 Å². The van der Waals surface area contributed by atoms with E-state index in [1.54, 1.807) is 4.90 Å². The van der Waals surface area contributed by atoms with E-state index in [2.05, 4.69) is 0 Å². The molecule has 0 radical (unpaired) electrons. The van der Waals surface area contributed by atoms with E-state index in [4.69, 9.17) is 10.2 Å². The number of hydrogen-bond acceptors (Lipinski definition) is 4. The zero-order chi connectivity index (χ0) is 17.4. The summed E-state index contributed by atoms with van der Waals surface area (Å²) in [5.41, 5.74) is 1.17. The first-order chi connectivity index (χ1) is 11.7. The fourth-order valence-electron chi connectivity index (χ4n) is 3.07. The number of rotatable bonds is 8. The Labute approximate surface area is 142 Å². The summed E-state index contributed by atoms with van der Waals surface area (Å²) in [4.78, 5) is 27.9. The third-order valence-corrected chi connectivity index (χ3v) is 4.41. The van der Waals surface area contributed by atoms with Gasteiger partial charge in [-0.25, -0.2) is 0 Å². The summed E-state index contributed by atoms with van der Waals surface area (Å²) >= 11 is 0. The van der Waals surface area contributed by atoms with Gasteiger partial charge in [-0.3, -0.25) is 9.59 Å². The highest BCUT2D eigenvalue weighted by atomic mass is 16.3. The number of benzene rings is 1. The summed E-state index contributed by atoms with van der Waals surface area (Å²) in [6.45, 7) is 1.19. The number of nitrogens with zero attached hydrogens (tertiary/aromatic N) is 2. The lowest BCUT2D eigenvalue weighted by Crippen LogP contribution is -2.48. The molecule has 0 bridgehead atoms. The predicted octanol–water partition coefficient (Wildman–Crippen LogP) is 0.281. The highest BCUT2D eigenvalue weighted by molar-refractivity contribution is 5.84. The van der Waals surface area contributed by atoms with Crippen LogP contribution in [0.25, 0.3) is 0 Å². The lowest BCUT2D eigenvalue weighted by molar-refractivity contribution is -0.143. The lowest BCUT2D eigenvalue weighted by atomic mass is 9.95. The third kappa shape index (κ3) is 5.04. The van der Waals surface area contributed by atoms with Gasteiger partial charge >= 0.3 is 0 Å². The van der Waals surface area contributed by atoms with E-state index in [9.17, 15) is 9.59 Å². The molecule has 1 fully saturated rings. The van der Waals surface area contributed by atoms with Crippen molar-refractivity contribution in [3.63, 3.8) is 0 Å². The van der Waals surface area contributed by atoms with Crippen molar-refractivity contribution in [2.24, 2.45) is 5.92 Å². The molecule has 1 aliphatic heterocycles. The normalized spacial score (nSPS) is 17.8. The quantitative estimate of drug-likeness (QED) is 0.716. The third-order valence-electron chi connectivity index (χ3n) is 4.41. The van der Waals surface area contributed by atoms with Crippen molar-refractivity contribution >= 4 is 11.8 Å². The molecule has 1 atom stereocenters. The number of amides is 2. The number of piperidine rings is 1. The molecule has 0 aliphatic carbocycles. The van der Waals surface area contributed by atoms with Crippen LogP contribution in [0.4, 0.5) is 0 Å². The molecule has 0 aromatic heterocycles. The van der Waals surface area contributed by atoms with Crippen molar-refractivity contribution in [2.75, 3.05) is 39.4 Å². The second-order valence-electron chi connectivity index (χ2n) is 6.08. The van der Waals surface area contributed by atoms with Crippen LogP contribution in [0.1, 0.15) is 18.4 Å². The van der Waals surface area contributed by atoms with Crippen LogP contribution >= 0.6 is 0 Å². The van der Waals surface area contributed by atoms with E-state index in [-0.39, 0.29) is 44.0 Å². The first kappa shape index (κ1) is 18.4. The summed E-state index contributed by atoms with van der Waals surface area (Å²) in [5.74, 6) is -0.252. The summed E-state index contributed by atoms with van der Waals surface area (Å²) < 4.78 is 0. The van der Waals surface area contributed by atoms with Gasteiger partial charge in [-0.05, 0) is 18.4 Å². The zero-order valence-corrected chi connectivity index (χ0v) is 13.9. The topological polar surface area (TPSA) is 81.1 Å². The molecule has 1 unspecified atom stereocenters. The fraction of sp³-hybridized carbons (Fsp3) is 0.556. The van der Waals surface area contributed by atoms with E-state index >= 15 is 0 Å². The molecule has 1 heterocycles. The van der Waals surface area contributed by atoms with E-state index < -0.39 is 0 Å². The van der Waals surface area contributed by atoms with Gasteiger partial charge < -0.3 is 20.0 Å². The molecule has 1 aliphatic rings. The van der Waals surface area contributed by atoms with Gasteiger partial charge in [-0.2, -0.15) is 0 Å². The maximum Gasteiger partial charge on any atom is 0.227 e. The second kappa shape index (κ2) is 9.39. The second-order valence-corrected chi connectivity index (χ2v) is 6.08. The van der Waals surface area contributed by atoms with Crippen molar-refractivity contribution in [1.82, 2.24) is 9.80 Å². The minimum atomic E-state index is -0.253. The van der Waals surface area contributed by atoms with Crippen molar-refractivity contribution < 1.29 is 19.8 Å². The number of hydrogen-bond donors (Lipinski definition) is 2. The summed E-state index contributed by atoms with van der Waals surface area (Å²) in [7, 11) is 0. The number of likely N-dealkylation sites (tertiary alicyclic amines) is 1. The van der Waals surface area contributed by atoms with Crippen molar-refractivity contribution in [1.29, 1.82) is 0 Å². The number of aliphatic hydroxyl groups excluding tert-OH is 2. The SMILES string of the molecule is O=C1CCC(C(=O)N(CCO)CCO)CN1CCc1ccccc1. The summed E-state index contributed by atoms with van der Waals surface area (Å²) in [5, 5.41) is 18.1. The van der Waals surface area contributed by atoms with Crippen molar-refractivity contribution in [2.45, 2.75) is 19.3 Å². The van der Waals surface area contributed by atoms with Crippen molar-refractivity contribution in [3.05, 3.63) is 35.9 Å². The zero-order valence-electron chi connectivity index (χ0n) is 13.9. The molecule has 0 spiro atoms. The van der Waals surface area contributed by atoms with Crippen LogP contribution in [0.2, 0.25) is 0 Å². The average molecular weight is 334 g/mol. The molecule has 0 saturated carbocycles. The van der Waals surface area contributed by atoms with Gasteiger partial charge in [-0.15, -0.1) is 0 Å². The van der Waals surface area contributed by atoms with Gasteiger partial charge in [0.15, 0.2) is 0 Å². The Morgan fingerprint density at radius 1 is 1.17 bits per heavy atom. The van der Waals surface area contributed by atoms with Crippen LogP contribution in [0, 0.1) is 5.92 Å². The first-order valence-corrected chi connectivity index (χ1v) is 8.48. The predicted molar refractivity (Wildman–Crippen MR) is 90.2 cm³/mol. The van der Waals surface area contributed by atoms with Gasteiger partial charge in [0.2, 0.25) is 11.8 Å². The largest absolute Gasteiger partial charge is 0.395 e. The standard InChI is InChI=1S/C18H26N2O4/c21-12-10-19(11-13-22)18(24)16-6-7-17(23)20(14-16)9-8-15-4-2-1-3-5-15/h1-5,16,21-22H,6-14H2. The van der Waals surface area contributed by atoms with E-state index in [1.807, 2.05) is 30.3 Å². The Bertz CT molecular complexity index is 529. The molecule has 24 heavy (non-hydrogen) atoms. The molecule has 2 N–H and O–H groups in total. The van der Waals surface area contributed by atoms with Gasteiger partial charge in [-0.1, -0.05) is 30.3 Å². The highest BCUT2D eigenvalue weighted by Gasteiger charge is 2.32. The van der Waals surface area contributed by atoms with E-state index in [0.29, 0.717) is 25.9 Å². The van der Waals surface area contributed by atoms with Crippen LogP contribution in [0.5, 0.6) is 0 Å². The molecule has 132 valence electrons. The Kier molecular flexibility index (Phi) is 7.21. The van der Waals surface area contributed by atoms with Gasteiger partial charge in [0.1, 0.15) is 0 Å². The number of aliphatic hydroxyl groups is 2. The van der Waals surface area contributed by atoms with Gasteiger partial charge in [0.05, 0.1) is 19.1 Å². The molecule has 1 saturated heterocycles. The van der Waals surface area contributed by atoms with Crippen LogP contribution in [0.3, 0.4) is 0 Å². The molecule has 1 aromatic carbocycles. The van der Waals surface area contributed by atoms with Crippen molar-refractivity contribution in [3.8, 4) is 0 Å². The van der Waals surface area contributed by atoms with Crippen LogP contribution in [0.15, 0.2) is 30.3 Å². The average Bonchev–Trinajstić information content (AvgIpc) is 2.61. The van der Waals surface area contributed by atoms with E-state index in [1.165, 1.54) is 10.5 Å². The highest BCUT2D eigenvalue weighted by Crippen LogP contribution is 2.20. The summed E-state index contributed by atoms with van der Waals surface area (Å²) in [6.07, 6.45) is 1.68. The van der Waals surface area contributed by atoms with Crippen LogP contribution in [-0.4, -0.2) is 71.2 Å². The monoisotopic (exact) mass is 334 g/mol. The Balaban J connectivity index is 1.93. The van der Waals surface area contributed by atoms with E-state index in [0.717, 1.165) is 6.42 Å². The molecule has 2 rings (SSSR count). The smallest absolute Gasteiger partial charge is 0.227 e. The Hall–Kier alpha value is -1.92. The maximum atomic E-state index is 12.6. The minimum absolute atomic E-state index is 0.0877. The molecule has 6 nitrogen and oxygen atoms in total. The van der Waals surface area contributed by atoms with Gasteiger partial charge in [0.25, 0.3) is 0 Å². The lowest BCUT2D eigenvalue weighted by Gasteiger charge is -2.34. The molecule has 1 aromatic rings. The first-order valence-electron chi connectivity index (χ1n) is 8.48. The maximum absolute atomic E-state index is 12.6. The molecule has 6 heteroatoms. The number of carbonyl (C=O) groups is 2. The molecular formula is C18H26N2O4. The Morgan fingerprint density at radius 2 is 1.83 bits per heavy atom. The van der Waals surface area contributed by atoms with Crippen LogP contribution < -0.4 is 0 Å². The minimum Gasteiger partial charge on any atom is -0.395 e. The fourth-order valence-corrected chi connectivity index (χ4v) is 3.07. The Morgan fingerprint density at radius 3 is 2.46 bits per heavy atom. The molecule has 2 amide bonds. The summed E-state index contributed by atoms with van der Waals surface area (Å²) in [6, 6.07) is 9.96.